The highest BCUT2D eigenvalue weighted by Gasteiger charge is 2.29. The van der Waals surface area contributed by atoms with Crippen LogP contribution in [0.2, 0.25) is 0 Å². The molecule has 0 bridgehead atoms. The molecule has 0 unspecified atom stereocenters. The standard InChI is InChI=1S/C13H28.C9H20/c1-11(2,3)9-13(7,8)10-12(4,5)6;1-8(2,3)7-9(4,5)6/h9-10H2,1-8H3;7H2,1-6H3. The van der Waals surface area contributed by atoms with Crippen molar-refractivity contribution in [2.24, 2.45) is 27.1 Å². The van der Waals surface area contributed by atoms with Crippen LogP contribution in [0.3, 0.4) is 0 Å². The molecule has 0 spiro atoms. The Balaban J connectivity index is 0. The lowest BCUT2D eigenvalue weighted by Gasteiger charge is -2.37. The van der Waals surface area contributed by atoms with Gasteiger partial charge in [-0.25, -0.2) is 0 Å². The summed E-state index contributed by atoms with van der Waals surface area (Å²) in [6, 6.07) is 0. The average Bonchev–Trinajstić information content (AvgIpc) is 1.82. The van der Waals surface area contributed by atoms with Gasteiger partial charge in [-0.2, -0.15) is 0 Å². The zero-order chi connectivity index (χ0) is 18.6. The predicted molar refractivity (Wildman–Crippen MR) is 105 cm³/mol. The maximum absolute atomic E-state index is 2.39. The normalized spacial score (nSPS) is 14.5. The summed E-state index contributed by atoms with van der Waals surface area (Å²) in [5, 5.41) is 0. The summed E-state index contributed by atoms with van der Waals surface area (Å²) in [6.45, 7) is 32.5. The Morgan fingerprint density at radius 1 is 0.318 bits per heavy atom. The molecule has 0 radical (unpaired) electrons. The molecule has 0 saturated carbocycles. The Morgan fingerprint density at radius 3 is 0.591 bits per heavy atom. The van der Waals surface area contributed by atoms with Crippen LogP contribution >= 0.6 is 0 Å². The molecule has 0 aromatic heterocycles. The van der Waals surface area contributed by atoms with Gasteiger partial charge in [0.15, 0.2) is 0 Å². The maximum atomic E-state index is 2.39. The molecule has 0 saturated heterocycles. The van der Waals surface area contributed by atoms with E-state index in [1.807, 2.05) is 0 Å². The molecular formula is C22H48. The maximum Gasteiger partial charge on any atom is -0.0344 e. The largest absolute Gasteiger partial charge is 0.0602 e. The van der Waals surface area contributed by atoms with Gasteiger partial charge in [-0.15, -0.1) is 0 Å². The molecule has 0 nitrogen and oxygen atoms in total. The topological polar surface area (TPSA) is 0 Å². The molecule has 22 heavy (non-hydrogen) atoms. The number of rotatable bonds is 2. The zero-order valence-electron chi connectivity index (χ0n) is 18.6. The molecule has 0 aliphatic rings. The Morgan fingerprint density at radius 2 is 0.500 bits per heavy atom. The van der Waals surface area contributed by atoms with Gasteiger partial charge in [-0.05, 0) is 46.3 Å². The monoisotopic (exact) mass is 312 g/mol. The van der Waals surface area contributed by atoms with Crippen molar-refractivity contribution in [2.75, 3.05) is 0 Å². The Labute approximate surface area is 143 Å². The molecule has 0 atom stereocenters. The minimum atomic E-state index is 0.453. The van der Waals surface area contributed by atoms with Crippen LogP contribution in [0.15, 0.2) is 0 Å². The third kappa shape index (κ3) is 22.3. The van der Waals surface area contributed by atoms with Gasteiger partial charge in [0, 0.05) is 0 Å². The molecule has 0 aromatic carbocycles. The lowest BCUT2D eigenvalue weighted by atomic mass is 9.69. The molecule has 0 rings (SSSR count). The lowest BCUT2D eigenvalue weighted by Crippen LogP contribution is -2.25. The first-order valence-corrected chi connectivity index (χ1v) is 9.12. The zero-order valence-corrected chi connectivity index (χ0v) is 18.6. The van der Waals surface area contributed by atoms with E-state index in [1.54, 1.807) is 0 Å². The molecule has 0 heteroatoms. The van der Waals surface area contributed by atoms with Crippen molar-refractivity contribution in [3.8, 4) is 0 Å². The summed E-state index contributed by atoms with van der Waals surface area (Å²) in [7, 11) is 0. The Bertz CT molecular complexity index is 261. The fourth-order valence-corrected chi connectivity index (χ4v) is 4.52. The first kappa shape index (κ1) is 24.3. The van der Waals surface area contributed by atoms with E-state index in [2.05, 4.69) is 96.9 Å². The van der Waals surface area contributed by atoms with Gasteiger partial charge in [0.2, 0.25) is 0 Å². The van der Waals surface area contributed by atoms with Crippen molar-refractivity contribution >= 4 is 0 Å². The van der Waals surface area contributed by atoms with Gasteiger partial charge >= 0.3 is 0 Å². The highest BCUT2D eigenvalue weighted by molar-refractivity contribution is 4.80. The summed E-state index contributed by atoms with van der Waals surface area (Å²) in [5.74, 6) is 0. The quantitative estimate of drug-likeness (QED) is 0.480. The van der Waals surface area contributed by atoms with E-state index in [4.69, 9.17) is 0 Å². The summed E-state index contributed by atoms with van der Waals surface area (Å²) >= 11 is 0. The van der Waals surface area contributed by atoms with Gasteiger partial charge in [-0.3, -0.25) is 0 Å². The summed E-state index contributed by atoms with van der Waals surface area (Å²) in [4.78, 5) is 0. The van der Waals surface area contributed by atoms with Crippen molar-refractivity contribution in [3.63, 3.8) is 0 Å². The second-order valence-electron chi connectivity index (χ2n) is 12.9. The number of hydrogen-bond donors (Lipinski definition) is 0. The van der Waals surface area contributed by atoms with Crippen molar-refractivity contribution in [1.29, 1.82) is 0 Å². The highest BCUT2D eigenvalue weighted by Crippen LogP contribution is 2.41. The summed E-state index contributed by atoms with van der Waals surface area (Å²) in [5.41, 5.74) is 2.34. The van der Waals surface area contributed by atoms with Gasteiger partial charge < -0.3 is 0 Å². The molecule has 136 valence electrons. The van der Waals surface area contributed by atoms with Gasteiger partial charge in [0.05, 0.1) is 0 Å². The second-order valence-corrected chi connectivity index (χ2v) is 12.9. The van der Waals surface area contributed by atoms with Crippen LogP contribution in [0.4, 0.5) is 0 Å². The van der Waals surface area contributed by atoms with Crippen LogP contribution in [0.5, 0.6) is 0 Å². The Kier molecular flexibility index (Phi) is 8.50. The van der Waals surface area contributed by atoms with Crippen LogP contribution < -0.4 is 0 Å². The van der Waals surface area contributed by atoms with Gasteiger partial charge in [0.25, 0.3) is 0 Å². The van der Waals surface area contributed by atoms with E-state index < -0.39 is 0 Å². The van der Waals surface area contributed by atoms with Crippen LogP contribution in [0, 0.1) is 27.1 Å². The van der Waals surface area contributed by atoms with E-state index in [9.17, 15) is 0 Å². The minimum absolute atomic E-state index is 0.453. The van der Waals surface area contributed by atoms with E-state index in [0.717, 1.165) is 0 Å². The lowest BCUT2D eigenvalue weighted by molar-refractivity contribution is 0.143. The molecular weight excluding hydrogens is 264 g/mol. The van der Waals surface area contributed by atoms with Crippen molar-refractivity contribution in [1.82, 2.24) is 0 Å². The fraction of sp³-hybridized carbons (Fsp3) is 1.00. The van der Waals surface area contributed by atoms with Crippen LogP contribution in [0.25, 0.3) is 0 Å². The predicted octanol–water partition coefficient (Wildman–Crippen LogP) is 8.35. The van der Waals surface area contributed by atoms with Crippen molar-refractivity contribution in [3.05, 3.63) is 0 Å². The summed E-state index contributed by atoms with van der Waals surface area (Å²) in [6.07, 6.45) is 3.90. The Hall–Kier alpha value is 0. The van der Waals surface area contributed by atoms with Gasteiger partial charge in [0.1, 0.15) is 0 Å². The third-order valence-corrected chi connectivity index (χ3v) is 3.08. The second kappa shape index (κ2) is 7.71. The van der Waals surface area contributed by atoms with Crippen molar-refractivity contribution in [2.45, 2.75) is 116 Å². The summed E-state index contributed by atoms with van der Waals surface area (Å²) < 4.78 is 0. The first-order valence-electron chi connectivity index (χ1n) is 9.12. The van der Waals surface area contributed by atoms with E-state index >= 15 is 0 Å². The first-order chi connectivity index (χ1) is 9.12. The molecule has 0 heterocycles. The van der Waals surface area contributed by atoms with Gasteiger partial charge in [-0.1, -0.05) is 96.9 Å². The van der Waals surface area contributed by atoms with Crippen LogP contribution in [-0.2, 0) is 0 Å². The highest BCUT2D eigenvalue weighted by atomic mass is 14.3. The SMILES string of the molecule is CC(C)(C)CC(C)(C)C.CC(C)(C)CC(C)(C)CC(C)(C)C. The van der Waals surface area contributed by atoms with Crippen molar-refractivity contribution < 1.29 is 0 Å². The number of hydrogen-bond acceptors (Lipinski definition) is 0. The van der Waals surface area contributed by atoms with E-state index in [1.165, 1.54) is 19.3 Å². The molecule has 0 aliphatic carbocycles. The van der Waals surface area contributed by atoms with E-state index in [-0.39, 0.29) is 0 Å². The molecule has 0 aromatic rings. The third-order valence-electron chi connectivity index (χ3n) is 3.08. The molecule has 0 amide bonds. The molecule has 0 N–H and O–H groups in total. The average molecular weight is 313 g/mol. The smallest absolute Gasteiger partial charge is 0.0344 e. The van der Waals surface area contributed by atoms with Crippen LogP contribution in [-0.4, -0.2) is 0 Å². The minimum Gasteiger partial charge on any atom is -0.0602 e. The molecule has 0 fully saturated rings. The molecule has 0 aliphatic heterocycles. The van der Waals surface area contributed by atoms with Crippen LogP contribution in [0.1, 0.15) is 116 Å². The fourth-order valence-electron chi connectivity index (χ4n) is 4.52. The van der Waals surface area contributed by atoms with E-state index in [0.29, 0.717) is 27.1 Å².